The van der Waals surface area contributed by atoms with E-state index in [0.29, 0.717) is 41.4 Å². The lowest BCUT2D eigenvalue weighted by Crippen LogP contribution is -2.69. The molecule has 0 saturated heterocycles. The maximum absolute atomic E-state index is 14.3. The molecule has 0 aromatic heterocycles. The van der Waals surface area contributed by atoms with Crippen molar-refractivity contribution < 1.29 is 39.0 Å². The van der Waals surface area contributed by atoms with Gasteiger partial charge in [-0.3, -0.25) is 14.9 Å². The molecule has 13 heteroatoms. The van der Waals surface area contributed by atoms with E-state index in [1.807, 2.05) is 63.4 Å². The van der Waals surface area contributed by atoms with Crippen LogP contribution in [0.5, 0.6) is 17.2 Å². The fourth-order valence-electron chi connectivity index (χ4n) is 8.91. The molecule has 0 bridgehead atoms. The molecule has 1 amide bonds. The third-order valence-electron chi connectivity index (χ3n) is 11.7. The van der Waals surface area contributed by atoms with Crippen molar-refractivity contribution in [2.24, 2.45) is 22.9 Å². The number of likely N-dealkylation sites (N-methyl/N-ethyl adjacent to an activating group) is 1. The van der Waals surface area contributed by atoms with Gasteiger partial charge in [-0.25, -0.2) is 0 Å². The van der Waals surface area contributed by atoms with Gasteiger partial charge in [0.25, 0.3) is 5.69 Å². The number of nitrogens with zero attached hydrogens (tertiary/aromatic N) is 3. The summed E-state index contributed by atoms with van der Waals surface area (Å²) in [5.41, 5.74) is 2.57. The summed E-state index contributed by atoms with van der Waals surface area (Å²) >= 11 is 1.66. The Morgan fingerprint density at radius 2 is 1.72 bits per heavy atom. The van der Waals surface area contributed by atoms with Gasteiger partial charge in [-0.15, -0.1) is 18.3 Å². The fraction of sp³-hybridized carbons (Fsp3) is 0.458. The molecule has 12 nitrogen and oxygen atoms in total. The Hall–Kier alpha value is -4.95. The fourth-order valence-corrected chi connectivity index (χ4v) is 9.32. The van der Waals surface area contributed by atoms with E-state index in [9.17, 15) is 25.1 Å². The number of ether oxygens (including phenoxy) is 3. The summed E-state index contributed by atoms with van der Waals surface area (Å²) in [5.74, 6) is -0.312. The Labute approximate surface area is 363 Å². The number of fused-ring (bicyclic) bond motifs is 2. The Morgan fingerprint density at radius 1 is 1.03 bits per heavy atom. The van der Waals surface area contributed by atoms with Crippen molar-refractivity contribution in [1.82, 2.24) is 4.90 Å². The predicted molar refractivity (Wildman–Crippen MR) is 239 cm³/mol. The first-order valence-electron chi connectivity index (χ1n) is 21.1. The average molecular weight is 854 g/mol. The second-order valence-corrected chi connectivity index (χ2v) is 17.8. The molecule has 0 unspecified atom stereocenters. The van der Waals surface area contributed by atoms with Crippen LogP contribution < -0.4 is 9.47 Å². The number of amides is 1. The first-order valence-corrected chi connectivity index (χ1v) is 22.3. The van der Waals surface area contributed by atoms with E-state index >= 15 is 0 Å². The van der Waals surface area contributed by atoms with Crippen LogP contribution in [0.15, 0.2) is 107 Å². The number of aliphatic hydroxyl groups is 2. The van der Waals surface area contributed by atoms with Gasteiger partial charge in [0.15, 0.2) is 0 Å². The van der Waals surface area contributed by atoms with E-state index in [-0.39, 0.29) is 55.6 Å². The van der Waals surface area contributed by atoms with Gasteiger partial charge >= 0.3 is 0 Å². The Morgan fingerprint density at radius 3 is 2.36 bits per heavy atom. The highest BCUT2D eigenvalue weighted by Gasteiger charge is 2.65. The zero-order valence-electron chi connectivity index (χ0n) is 35.8. The smallest absolute Gasteiger partial charge is 0.269 e. The summed E-state index contributed by atoms with van der Waals surface area (Å²) in [6, 6.07) is 19.2. The van der Waals surface area contributed by atoms with E-state index in [0.717, 1.165) is 41.7 Å². The highest BCUT2D eigenvalue weighted by atomic mass is 32.2. The van der Waals surface area contributed by atoms with E-state index in [2.05, 4.69) is 18.7 Å². The molecule has 3 aromatic rings. The van der Waals surface area contributed by atoms with Gasteiger partial charge in [0.2, 0.25) is 11.7 Å². The second kappa shape index (κ2) is 20.3. The number of nitro benzene ring substituents is 1. The van der Waals surface area contributed by atoms with Crippen molar-refractivity contribution >= 4 is 35.1 Å². The summed E-state index contributed by atoms with van der Waals surface area (Å²) in [6.07, 6.45) is 13.9. The topological polar surface area (TPSA) is 153 Å². The van der Waals surface area contributed by atoms with Gasteiger partial charge in [-0.1, -0.05) is 30.1 Å². The van der Waals surface area contributed by atoms with Gasteiger partial charge in [0.1, 0.15) is 28.9 Å². The molecule has 1 fully saturated rings. The standard InChI is InChI=1S/C48H59N3O9S/c1-7-28-57-48-43(50(5)44(54)25-16-32-14-17-34(18-15-32)51(55)56)31-41(49-60-47(2,3)4)39-29-33(12-8-10-26-52)38(13-9-11-27-53)45(46(39)48)40-30-36(21-24-42(40)59-48)58-35-19-22-37(61-6)23-20-35/h7,14-25,29-30,33,38,43,45-46,52-53H,1,8-13,26-28,31H2,2-6H3/t33-,38+,43-,45+,46+,48+/m0/s1. The lowest BCUT2D eigenvalue weighted by atomic mass is 9.55. The molecule has 3 aliphatic rings. The lowest BCUT2D eigenvalue weighted by Gasteiger charge is -2.59. The maximum atomic E-state index is 14.3. The number of hydrogen-bond acceptors (Lipinski definition) is 11. The predicted octanol–water partition coefficient (Wildman–Crippen LogP) is 9.71. The van der Waals surface area contributed by atoms with Gasteiger partial charge in [-0.05, 0) is 136 Å². The minimum absolute atomic E-state index is 0.0391. The SMILES string of the molecule is C=CCO[C@@]12Oc3ccc(Oc4ccc(SC)cc4)cc3[C@H]3[C@H](CCCCO)[C@@H](CCCCO)C=C(C(=NOC(C)(C)C)C[C@@H]1N(C)C(=O)C=Cc1ccc([N+](=O)[O-])cc1)[C@H]32. The molecule has 6 rings (SSSR count). The maximum Gasteiger partial charge on any atom is 0.269 e. The molecule has 6 atom stereocenters. The molecule has 2 N–H and O–H groups in total. The zero-order chi connectivity index (χ0) is 43.7. The molecule has 61 heavy (non-hydrogen) atoms. The Kier molecular flexibility index (Phi) is 15.2. The van der Waals surface area contributed by atoms with Crippen LogP contribution in [0, 0.1) is 27.9 Å². The van der Waals surface area contributed by atoms with E-state index in [4.69, 9.17) is 24.2 Å². The van der Waals surface area contributed by atoms with Crippen LogP contribution >= 0.6 is 11.8 Å². The number of allylic oxidation sites excluding steroid dienone is 1. The molecule has 0 spiro atoms. The average Bonchev–Trinajstić information content (AvgIpc) is 3.25. The number of aliphatic hydroxyl groups excluding tert-OH is 2. The summed E-state index contributed by atoms with van der Waals surface area (Å²) in [7, 11) is 1.73. The highest BCUT2D eigenvalue weighted by molar-refractivity contribution is 7.98. The number of hydrogen-bond donors (Lipinski definition) is 2. The molecule has 0 radical (unpaired) electrons. The monoisotopic (exact) mass is 853 g/mol. The number of rotatable bonds is 19. The van der Waals surface area contributed by atoms with Crippen LogP contribution in [-0.2, 0) is 14.4 Å². The first-order chi connectivity index (χ1) is 29.3. The summed E-state index contributed by atoms with van der Waals surface area (Å²) in [5, 5.41) is 35.9. The van der Waals surface area contributed by atoms with Gasteiger partial charge < -0.3 is 34.2 Å². The number of carbonyl (C=O) groups excluding carboxylic acids is 1. The van der Waals surface area contributed by atoms with Crippen molar-refractivity contribution in [2.45, 2.75) is 94.0 Å². The summed E-state index contributed by atoms with van der Waals surface area (Å²) in [4.78, 5) is 34.1. The van der Waals surface area contributed by atoms with Crippen LogP contribution in [0.3, 0.4) is 0 Å². The number of carbonyl (C=O) groups is 1. The van der Waals surface area contributed by atoms with Crippen molar-refractivity contribution in [1.29, 1.82) is 0 Å². The molecule has 1 saturated carbocycles. The van der Waals surface area contributed by atoms with E-state index in [1.165, 1.54) is 18.2 Å². The first kappa shape index (κ1) is 45.6. The lowest BCUT2D eigenvalue weighted by molar-refractivity contribution is -0.384. The Balaban J connectivity index is 1.53. The number of oxime groups is 1. The van der Waals surface area contributed by atoms with Gasteiger partial charge in [0, 0.05) is 61.3 Å². The van der Waals surface area contributed by atoms with E-state index in [1.54, 1.807) is 48.0 Å². The van der Waals surface area contributed by atoms with Crippen LogP contribution in [0.2, 0.25) is 0 Å². The highest BCUT2D eigenvalue weighted by Crippen LogP contribution is 2.62. The third kappa shape index (κ3) is 10.6. The second-order valence-electron chi connectivity index (χ2n) is 16.9. The summed E-state index contributed by atoms with van der Waals surface area (Å²) in [6.45, 7) is 10.1. The number of nitro groups is 1. The van der Waals surface area contributed by atoms with Crippen molar-refractivity contribution in [3.8, 4) is 17.2 Å². The van der Waals surface area contributed by atoms with Crippen molar-refractivity contribution in [2.75, 3.05) is 33.1 Å². The largest absolute Gasteiger partial charge is 0.459 e. The zero-order valence-corrected chi connectivity index (χ0v) is 36.6. The van der Waals surface area contributed by atoms with Crippen LogP contribution in [0.25, 0.3) is 6.08 Å². The van der Waals surface area contributed by atoms with Crippen molar-refractivity contribution in [3.05, 3.63) is 118 Å². The van der Waals surface area contributed by atoms with Crippen molar-refractivity contribution in [3.63, 3.8) is 0 Å². The molecule has 1 aliphatic heterocycles. The molecule has 326 valence electrons. The summed E-state index contributed by atoms with van der Waals surface area (Å²) < 4.78 is 20.7. The van der Waals surface area contributed by atoms with Crippen LogP contribution in [-0.4, -0.2) is 82.2 Å². The van der Waals surface area contributed by atoms with Gasteiger partial charge in [-0.2, -0.15) is 0 Å². The number of non-ortho nitro benzene ring substituents is 1. The Bertz CT molecular complexity index is 2100. The number of benzene rings is 3. The molecule has 3 aromatic carbocycles. The minimum atomic E-state index is -1.41. The van der Waals surface area contributed by atoms with Crippen LogP contribution in [0.1, 0.15) is 82.8 Å². The van der Waals surface area contributed by atoms with Gasteiger partial charge in [0.05, 0.1) is 23.2 Å². The molecule has 2 aliphatic carbocycles. The quantitative estimate of drug-likeness (QED) is 0.0298. The van der Waals surface area contributed by atoms with E-state index < -0.39 is 28.3 Å². The third-order valence-corrected chi connectivity index (χ3v) is 12.5. The molecular formula is C48H59N3O9S. The normalized spacial score (nSPS) is 23.7. The number of thioether (sulfide) groups is 1. The molecule has 1 heterocycles. The van der Waals surface area contributed by atoms with Crippen LogP contribution in [0.4, 0.5) is 5.69 Å². The molecular weight excluding hydrogens is 795 g/mol. The minimum Gasteiger partial charge on any atom is -0.459 e. The number of unbranched alkanes of at least 4 members (excludes halogenated alkanes) is 2.